The number of hydrogen-bond donors (Lipinski definition) is 1. The summed E-state index contributed by atoms with van der Waals surface area (Å²) < 4.78 is 7.50. The van der Waals surface area contributed by atoms with Gasteiger partial charge in [0, 0.05) is 38.8 Å². The molecule has 0 aromatic carbocycles. The molecule has 2 aliphatic heterocycles. The molecule has 174 valence electrons. The molecule has 1 aromatic heterocycles. The van der Waals surface area contributed by atoms with E-state index < -0.39 is 0 Å². The van der Waals surface area contributed by atoms with Crippen LogP contribution >= 0.6 is 0 Å². The fourth-order valence-electron chi connectivity index (χ4n) is 6.01. The quantitative estimate of drug-likeness (QED) is 0.660. The molecule has 3 aliphatic rings. The molecule has 8 heteroatoms. The highest BCUT2D eigenvalue weighted by Gasteiger charge is 2.52. The zero-order valence-corrected chi connectivity index (χ0v) is 19.6. The molecule has 2 saturated heterocycles. The van der Waals surface area contributed by atoms with Gasteiger partial charge in [-0.15, -0.1) is 0 Å². The van der Waals surface area contributed by atoms with Crippen molar-refractivity contribution in [3.63, 3.8) is 0 Å². The number of carbonyl (C=O) groups is 1. The molecule has 1 amide bonds. The standard InChI is InChI=1S/C23H40N6O2/c1-4-27-11-7-20-16-21(28-12-14-31-15-13-28)6-8-23(20,17-27)22(30)24-9-5-10-29-19(3)25-18(2)26-29/h20-21H,4-17H2,1-3H3,(H,24,30)/t20-,21+,23-/m1/s1. The molecule has 8 nitrogen and oxygen atoms in total. The van der Waals surface area contributed by atoms with Gasteiger partial charge in [-0.1, -0.05) is 6.92 Å². The Morgan fingerprint density at radius 1 is 1.23 bits per heavy atom. The van der Waals surface area contributed by atoms with Crippen LogP contribution in [0.3, 0.4) is 0 Å². The van der Waals surface area contributed by atoms with Gasteiger partial charge in [0.2, 0.25) is 5.91 Å². The number of aryl methyl sites for hydroxylation is 3. The molecule has 31 heavy (non-hydrogen) atoms. The van der Waals surface area contributed by atoms with Crippen molar-refractivity contribution in [2.24, 2.45) is 11.3 Å². The summed E-state index contributed by atoms with van der Waals surface area (Å²) in [5, 5.41) is 7.74. The Labute approximate surface area is 186 Å². The smallest absolute Gasteiger partial charge is 0.227 e. The van der Waals surface area contributed by atoms with Gasteiger partial charge in [-0.05, 0) is 65.0 Å². The molecule has 1 aromatic rings. The lowest BCUT2D eigenvalue weighted by atomic mass is 9.61. The predicted molar refractivity (Wildman–Crippen MR) is 120 cm³/mol. The summed E-state index contributed by atoms with van der Waals surface area (Å²) in [6.45, 7) is 14.5. The van der Waals surface area contributed by atoms with Crippen molar-refractivity contribution in [1.29, 1.82) is 0 Å². The Hall–Kier alpha value is -1.51. The number of amides is 1. The third kappa shape index (κ3) is 4.96. The second-order valence-corrected chi connectivity index (χ2v) is 9.63. The lowest BCUT2D eigenvalue weighted by Crippen LogP contribution is -2.60. The lowest BCUT2D eigenvalue weighted by molar-refractivity contribution is -0.144. The Kier molecular flexibility index (Phi) is 7.29. The maximum atomic E-state index is 13.6. The van der Waals surface area contributed by atoms with Crippen LogP contribution in [0.2, 0.25) is 0 Å². The fraction of sp³-hybridized carbons (Fsp3) is 0.870. The number of hydrogen-bond acceptors (Lipinski definition) is 6. The number of likely N-dealkylation sites (tertiary alicyclic amines) is 1. The van der Waals surface area contributed by atoms with Gasteiger partial charge < -0.3 is 15.0 Å². The lowest BCUT2D eigenvalue weighted by Gasteiger charge is -2.53. The highest BCUT2D eigenvalue weighted by atomic mass is 16.5. The minimum atomic E-state index is -0.225. The number of fused-ring (bicyclic) bond motifs is 1. The van der Waals surface area contributed by atoms with Crippen molar-refractivity contribution < 1.29 is 9.53 Å². The second kappa shape index (κ2) is 9.96. The largest absolute Gasteiger partial charge is 0.379 e. The summed E-state index contributed by atoms with van der Waals surface area (Å²) in [5.41, 5.74) is -0.225. The minimum absolute atomic E-state index is 0.225. The van der Waals surface area contributed by atoms with Crippen LogP contribution in [-0.4, -0.2) is 89.0 Å². The van der Waals surface area contributed by atoms with Crippen molar-refractivity contribution in [3.05, 3.63) is 11.6 Å². The first-order valence-electron chi connectivity index (χ1n) is 12.2. The first-order chi connectivity index (χ1) is 15.0. The molecular formula is C23H40N6O2. The molecular weight excluding hydrogens is 392 g/mol. The van der Waals surface area contributed by atoms with Gasteiger partial charge in [-0.2, -0.15) is 5.10 Å². The molecule has 0 radical (unpaired) electrons. The maximum Gasteiger partial charge on any atom is 0.227 e. The van der Waals surface area contributed by atoms with Crippen LogP contribution in [-0.2, 0) is 16.1 Å². The third-order valence-corrected chi connectivity index (χ3v) is 7.82. The highest BCUT2D eigenvalue weighted by Crippen LogP contribution is 2.47. The van der Waals surface area contributed by atoms with Crippen LogP contribution < -0.4 is 5.32 Å². The Morgan fingerprint density at radius 3 is 2.74 bits per heavy atom. The summed E-state index contributed by atoms with van der Waals surface area (Å²) in [4.78, 5) is 23.0. The number of carbonyl (C=O) groups excluding carboxylic acids is 1. The Bertz CT molecular complexity index is 746. The van der Waals surface area contributed by atoms with Gasteiger partial charge in [-0.3, -0.25) is 14.4 Å². The van der Waals surface area contributed by atoms with Crippen molar-refractivity contribution in [2.75, 3.05) is 52.5 Å². The van der Waals surface area contributed by atoms with Crippen molar-refractivity contribution in [1.82, 2.24) is 29.9 Å². The average Bonchev–Trinajstić information content (AvgIpc) is 3.12. The van der Waals surface area contributed by atoms with Gasteiger partial charge in [-0.25, -0.2) is 4.98 Å². The summed E-state index contributed by atoms with van der Waals surface area (Å²) >= 11 is 0. The van der Waals surface area contributed by atoms with E-state index in [-0.39, 0.29) is 11.3 Å². The number of nitrogens with one attached hydrogen (secondary N) is 1. The van der Waals surface area contributed by atoms with E-state index in [2.05, 4.69) is 32.1 Å². The van der Waals surface area contributed by atoms with E-state index in [0.29, 0.717) is 18.5 Å². The van der Waals surface area contributed by atoms with Gasteiger partial charge in [0.05, 0.1) is 18.6 Å². The first-order valence-corrected chi connectivity index (χ1v) is 12.2. The van der Waals surface area contributed by atoms with Crippen LogP contribution in [0.1, 0.15) is 50.7 Å². The zero-order chi connectivity index (χ0) is 21.8. The fourth-order valence-corrected chi connectivity index (χ4v) is 6.01. The summed E-state index contributed by atoms with van der Waals surface area (Å²) in [6.07, 6.45) is 5.30. The molecule has 1 saturated carbocycles. The Morgan fingerprint density at radius 2 is 2.03 bits per heavy atom. The molecule has 3 heterocycles. The SMILES string of the molecule is CCN1CC[C@@H]2C[C@@H](N3CCOCC3)CC[C@@]2(C(=O)NCCCn2nc(C)nc2C)C1. The first kappa shape index (κ1) is 22.7. The van der Waals surface area contributed by atoms with Crippen LogP contribution in [0.5, 0.6) is 0 Å². The maximum absolute atomic E-state index is 13.6. The third-order valence-electron chi connectivity index (χ3n) is 7.82. The van der Waals surface area contributed by atoms with Crippen molar-refractivity contribution >= 4 is 5.91 Å². The molecule has 1 aliphatic carbocycles. The summed E-state index contributed by atoms with van der Waals surface area (Å²) in [6, 6.07) is 0.613. The van der Waals surface area contributed by atoms with Crippen molar-refractivity contribution in [2.45, 2.75) is 65.5 Å². The number of aromatic nitrogens is 3. The summed E-state index contributed by atoms with van der Waals surface area (Å²) in [5.74, 6) is 2.51. The van der Waals surface area contributed by atoms with Crippen LogP contribution in [0.15, 0.2) is 0 Å². The second-order valence-electron chi connectivity index (χ2n) is 9.63. The van der Waals surface area contributed by atoms with Gasteiger partial charge in [0.15, 0.2) is 0 Å². The van der Waals surface area contributed by atoms with Gasteiger partial charge in [0.1, 0.15) is 11.6 Å². The molecule has 0 unspecified atom stereocenters. The van der Waals surface area contributed by atoms with E-state index in [1.165, 1.54) is 0 Å². The van der Waals surface area contributed by atoms with E-state index in [1.807, 2.05) is 18.5 Å². The molecule has 3 fully saturated rings. The van der Waals surface area contributed by atoms with Crippen LogP contribution in [0.4, 0.5) is 0 Å². The molecule has 3 atom stereocenters. The average molecular weight is 433 g/mol. The number of rotatable bonds is 7. The molecule has 0 bridgehead atoms. The number of ether oxygens (including phenoxy) is 1. The predicted octanol–water partition coefficient (Wildman–Crippen LogP) is 1.61. The molecule has 1 N–H and O–H groups in total. The van der Waals surface area contributed by atoms with E-state index in [9.17, 15) is 4.79 Å². The molecule has 4 rings (SSSR count). The normalized spacial score (nSPS) is 30.2. The van der Waals surface area contributed by atoms with Crippen LogP contribution in [0.25, 0.3) is 0 Å². The van der Waals surface area contributed by atoms with E-state index >= 15 is 0 Å². The topological polar surface area (TPSA) is 75.5 Å². The van der Waals surface area contributed by atoms with E-state index in [1.54, 1.807) is 0 Å². The van der Waals surface area contributed by atoms with Crippen LogP contribution in [0, 0.1) is 25.2 Å². The minimum Gasteiger partial charge on any atom is -0.379 e. The Balaban J connectivity index is 1.36. The number of piperidine rings is 1. The summed E-state index contributed by atoms with van der Waals surface area (Å²) in [7, 11) is 0. The van der Waals surface area contributed by atoms with Gasteiger partial charge in [0.25, 0.3) is 0 Å². The van der Waals surface area contributed by atoms with Gasteiger partial charge >= 0.3 is 0 Å². The molecule has 0 spiro atoms. The monoisotopic (exact) mass is 432 g/mol. The van der Waals surface area contributed by atoms with E-state index in [4.69, 9.17) is 4.74 Å². The van der Waals surface area contributed by atoms with Crippen molar-refractivity contribution in [3.8, 4) is 0 Å². The number of morpholine rings is 1. The number of nitrogens with zero attached hydrogens (tertiary/aromatic N) is 5. The van der Waals surface area contributed by atoms with E-state index in [0.717, 1.165) is 96.2 Å². The highest BCUT2D eigenvalue weighted by molar-refractivity contribution is 5.83. The zero-order valence-electron chi connectivity index (χ0n) is 19.6.